The standard InChI is InChI=1S/C24H34O5S/c1-2-3-4-5-6-7-8-9-10-12-15-20-18-23(29-21-16-13-11-14-17-21)24(19-22(20)25)30(26,27)28/h11,13-14,16-19,25H,2-10,12,15H2,1H3,(H,26,27,28). The van der Waals surface area contributed by atoms with Crippen molar-refractivity contribution in [3.63, 3.8) is 0 Å². The van der Waals surface area contributed by atoms with Crippen molar-refractivity contribution in [1.29, 1.82) is 0 Å². The van der Waals surface area contributed by atoms with Crippen LogP contribution in [0.1, 0.15) is 76.7 Å². The number of phenolic OH excluding ortho intramolecular Hbond substituents is 1. The molecule has 0 amide bonds. The van der Waals surface area contributed by atoms with E-state index in [1.165, 1.54) is 51.0 Å². The van der Waals surface area contributed by atoms with E-state index in [-0.39, 0.29) is 11.5 Å². The summed E-state index contributed by atoms with van der Waals surface area (Å²) in [6.45, 7) is 2.23. The van der Waals surface area contributed by atoms with Crippen molar-refractivity contribution < 1.29 is 22.8 Å². The van der Waals surface area contributed by atoms with E-state index < -0.39 is 15.0 Å². The number of para-hydroxylation sites is 1. The molecular formula is C24H34O5S. The Morgan fingerprint density at radius 1 is 0.833 bits per heavy atom. The fraction of sp³-hybridized carbons (Fsp3) is 0.500. The van der Waals surface area contributed by atoms with Gasteiger partial charge in [-0.05, 0) is 36.6 Å². The summed E-state index contributed by atoms with van der Waals surface area (Å²) < 4.78 is 38.6. The van der Waals surface area contributed by atoms with Gasteiger partial charge in [-0.1, -0.05) is 82.9 Å². The van der Waals surface area contributed by atoms with Gasteiger partial charge in [-0.2, -0.15) is 8.42 Å². The molecule has 0 spiro atoms. The van der Waals surface area contributed by atoms with Gasteiger partial charge >= 0.3 is 0 Å². The van der Waals surface area contributed by atoms with Crippen LogP contribution in [0.3, 0.4) is 0 Å². The maximum absolute atomic E-state index is 11.7. The zero-order chi connectivity index (χ0) is 21.8. The predicted octanol–water partition coefficient (Wildman–Crippen LogP) is 6.89. The molecule has 0 unspecified atom stereocenters. The SMILES string of the molecule is CCCCCCCCCCCCc1cc(Oc2ccccc2)c(S(=O)(=O)O)cc1O. The summed E-state index contributed by atoms with van der Waals surface area (Å²) in [5, 5.41) is 10.3. The fourth-order valence-electron chi connectivity index (χ4n) is 3.49. The van der Waals surface area contributed by atoms with Gasteiger partial charge < -0.3 is 9.84 Å². The lowest BCUT2D eigenvalue weighted by atomic mass is 10.0. The highest BCUT2D eigenvalue weighted by Gasteiger charge is 2.21. The Morgan fingerprint density at radius 3 is 1.97 bits per heavy atom. The number of hydrogen-bond acceptors (Lipinski definition) is 4. The summed E-state index contributed by atoms with van der Waals surface area (Å²) in [7, 11) is -4.52. The molecule has 5 nitrogen and oxygen atoms in total. The highest BCUT2D eigenvalue weighted by Crippen LogP contribution is 2.35. The van der Waals surface area contributed by atoms with E-state index in [4.69, 9.17) is 4.74 Å². The average molecular weight is 435 g/mol. The Balaban J connectivity index is 1.91. The number of aromatic hydroxyl groups is 1. The molecule has 0 bridgehead atoms. The average Bonchev–Trinajstić information content (AvgIpc) is 2.71. The zero-order valence-electron chi connectivity index (χ0n) is 17.8. The molecule has 0 fully saturated rings. The summed E-state index contributed by atoms with van der Waals surface area (Å²) in [5.41, 5.74) is 0.618. The smallest absolute Gasteiger partial charge is 0.298 e. The maximum atomic E-state index is 11.7. The first-order valence-corrected chi connectivity index (χ1v) is 12.4. The molecule has 0 heterocycles. The second kappa shape index (κ2) is 12.6. The Labute approximate surface area is 180 Å². The molecule has 0 aliphatic rings. The van der Waals surface area contributed by atoms with Crippen LogP contribution in [0.5, 0.6) is 17.2 Å². The van der Waals surface area contributed by atoms with Gasteiger partial charge in [0.25, 0.3) is 10.1 Å². The molecule has 0 saturated carbocycles. The van der Waals surface area contributed by atoms with E-state index in [1.54, 1.807) is 24.3 Å². The van der Waals surface area contributed by atoms with Crippen LogP contribution in [0.15, 0.2) is 47.4 Å². The van der Waals surface area contributed by atoms with Crippen molar-refractivity contribution in [2.45, 2.75) is 82.4 Å². The molecule has 0 aromatic heterocycles. The van der Waals surface area contributed by atoms with Gasteiger partial charge in [-0.15, -0.1) is 0 Å². The Bertz CT molecular complexity index is 863. The van der Waals surface area contributed by atoms with Crippen molar-refractivity contribution in [2.75, 3.05) is 0 Å². The Kier molecular flexibility index (Phi) is 10.2. The van der Waals surface area contributed by atoms with E-state index in [0.717, 1.165) is 25.3 Å². The molecule has 2 N–H and O–H groups in total. The van der Waals surface area contributed by atoms with Crippen LogP contribution in [0, 0.1) is 0 Å². The van der Waals surface area contributed by atoms with Crippen molar-refractivity contribution in [3.8, 4) is 17.2 Å². The van der Waals surface area contributed by atoms with Crippen LogP contribution in [0.4, 0.5) is 0 Å². The molecule has 0 aliphatic heterocycles. The summed E-state index contributed by atoms with van der Waals surface area (Å²) in [6.07, 6.45) is 12.8. The van der Waals surface area contributed by atoms with Gasteiger partial charge in [-0.25, -0.2) is 0 Å². The normalized spacial score (nSPS) is 11.5. The third-order valence-corrected chi connectivity index (χ3v) is 6.07. The molecule has 2 aromatic rings. The van der Waals surface area contributed by atoms with Crippen molar-refractivity contribution >= 4 is 10.1 Å². The van der Waals surface area contributed by atoms with Crippen LogP contribution in [0.2, 0.25) is 0 Å². The minimum atomic E-state index is -4.52. The Morgan fingerprint density at radius 2 is 1.40 bits per heavy atom. The van der Waals surface area contributed by atoms with E-state index in [1.807, 2.05) is 6.07 Å². The summed E-state index contributed by atoms with van der Waals surface area (Å²) in [4.78, 5) is -0.435. The molecule has 0 atom stereocenters. The van der Waals surface area contributed by atoms with E-state index in [2.05, 4.69) is 6.92 Å². The van der Waals surface area contributed by atoms with Crippen LogP contribution in [-0.2, 0) is 16.5 Å². The fourth-order valence-corrected chi connectivity index (χ4v) is 4.11. The molecular weight excluding hydrogens is 400 g/mol. The second-order valence-corrected chi connectivity index (χ2v) is 9.14. The zero-order valence-corrected chi connectivity index (χ0v) is 18.7. The molecule has 166 valence electrons. The predicted molar refractivity (Wildman–Crippen MR) is 120 cm³/mol. The molecule has 0 aliphatic carbocycles. The summed E-state index contributed by atoms with van der Waals surface area (Å²) >= 11 is 0. The van der Waals surface area contributed by atoms with E-state index in [0.29, 0.717) is 17.7 Å². The lowest BCUT2D eigenvalue weighted by Gasteiger charge is -2.13. The summed E-state index contributed by atoms with van der Waals surface area (Å²) in [6, 6.07) is 11.3. The molecule has 0 saturated heterocycles. The van der Waals surface area contributed by atoms with Gasteiger partial charge in [0.05, 0.1) is 0 Å². The largest absolute Gasteiger partial charge is 0.508 e. The van der Waals surface area contributed by atoms with E-state index >= 15 is 0 Å². The van der Waals surface area contributed by atoms with Gasteiger partial charge in [-0.3, -0.25) is 4.55 Å². The van der Waals surface area contributed by atoms with Gasteiger partial charge in [0.2, 0.25) is 0 Å². The monoisotopic (exact) mass is 434 g/mol. The number of phenols is 1. The van der Waals surface area contributed by atoms with E-state index in [9.17, 15) is 18.1 Å². The quantitative estimate of drug-likeness (QED) is 0.250. The number of benzene rings is 2. The minimum Gasteiger partial charge on any atom is -0.508 e. The van der Waals surface area contributed by atoms with Crippen LogP contribution in [0.25, 0.3) is 0 Å². The lowest BCUT2D eigenvalue weighted by Crippen LogP contribution is -2.02. The topological polar surface area (TPSA) is 83.8 Å². The first-order valence-electron chi connectivity index (χ1n) is 11.0. The highest BCUT2D eigenvalue weighted by atomic mass is 32.2. The summed E-state index contributed by atoms with van der Waals surface area (Å²) in [5.74, 6) is 0.334. The number of rotatable bonds is 14. The molecule has 0 radical (unpaired) electrons. The highest BCUT2D eigenvalue weighted by molar-refractivity contribution is 7.86. The van der Waals surface area contributed by atoms with Crippen LogP contribution >= 0.6 is 0 Å². The molecule has 2 rings (SSSR count). The second-order valence-electron chi connectivity index (χ2n) is 7.75. The van der Waals surface area contributed by atoms with Gasteiger partial charge in [0.15, 0.2) is 0 Å². The van der Waals surface area contributed by atoms with Gasteiger partial charge in [0.1, 0.15) is 22.1 Å². The minimum absolute atomic E-state index is 0.0172. The van der Waals surface area contributed by atoms with Crippen molar-refractivity contribution in [2.24, 2.45) is 0 Å². The third-order valence-electron chi connectivity index (χ3n) is 5.19. The van der Waals surface area contributed by atoms with Gasteiger partial charge in [0, 0.05) is 6.07 Å². The van der Waals surface area contributed by atoms with Crippen LogP contribution < -0.4 is 4.74 Å². The first kappa shape index (κ1) is 24.2. The molecule has 30 heavy (non-hydrogen) atoms. The Hall–Kier alpha value is -2.05. The number of ether oxygens (including phenoxy) is 1. The third kappa shape index (κ3) is 8.36. The number of hydrogen-bond donors (Lipinski definition) is 2. The lowest BCUT2D eigenvalue weighted by molar-refractivity contribution is 0.434. The van der Waals surface area contributed by atoms with Crippen molar-refractivity contribution in [3.05, 3.63) is 48.0 Å². The molecule has 6 heteroatoms. The maximum Gasteiger partial charge on any atom is 0.298 e. The first-order chi connectivity index (χ1) is 14.4. The van der Waals surface area contributed by atoms with Crippen LogP contribution in [-0.4, -0.2) is 18.1 Å². The number of aryl methyl sites for hydroxylation is 1. The molecule has 2 aromatic carbocycles. The van der Waals surface area contributed by atoms with Crippen molar-refractivity contribution in [1.82, 2.24) is 0 Å². The number of unbranched alkanes of at least 4 members (excludes halogenated alkanes) is 9.